The Morgan fingerprint density at radius 3 is 2.70 bits per heavy atom. The number of carbonyl (C=O) groups is 1. The number of halogens is 1. The van der Waals surface area contributed by atoms with Crippen LogP contribution in [0.25, 0.3) is 5.65 Å². The first kappa shape index (κ1) is 22.2. The van der Waals surface area contributed by atoms with Gasteiger partial charge < -0.3 is 15.5 Å². The molecule has 0 unspecified atom stereocenters. The van der Waals surface area contributed by atoms with Crippen LogP contribution < -0.4 is 10.6 Å². The Morgan fingerprint density at radius 2 is 1.94 bits per heavy atom. The molecule has 5 rings (SSSR count). The largest absolute Gasteiger partial charge is 0.355 e. The molecule has 174 valence electrons. The third-order valence-corrected chi connectivity index (χ3v) is 7.16. The quantitative estimate of drug-likeness (QED) is 0.622. The number of fused-ring (bicyclic) bond motifs is 1. The summed E-state index contributed by atoms with van der Waals surface area (Å²) in [6.45, 7) is 6.49. The smallest absolute Gasteiger partial charge is 0.254 e. The molecule has 2 N–H and O–H groups in total. The van der Waals surface area contributed by atoms with Crippen molar-refractivity contribution in [3.63, 3.8) is 0 Å². The molecule has 33 heavy (non-hydrogen) atoms. The molecule has 2 atom stereocenters. The highest BCUT2D eigenvalue weighted by Gasteiger charge is 2.31. The van der Waals surface area contributed by atoms with Crippen molar-refractivity contribution in [1.82, 2.24) is 19.5 Å². The fourth-order valence-electron chi connectivity index (χ4n) is 5.16. The molecule has 7 nitrogen and oxygen atoms in total. The number of anilines is 1. The average Bonchev–Trinajstić information content (AvgIpc) is 3.30. The second kappa shape index (κ2) is 8.95. The lowest BCUT2D eigenvalue weighted by molar-refractivity contribution is 0.0676. The summed E-state index contributed by atoms with van der Waals surface area (Å²) in [5.41, 5.74) is 10.5. The van der Waals surface area contributed by atoms with Crippen LogP contribution in [0, 0.1) is 13.8 Å². The summed E-state index contributed by atoms with van der Waals surface area (Å²) in [5, 5.41) is 5.53. The maximum Gasteiger partial charge on any atom is 0.254 e. The number of aryl methyl sites for hydroxylation is 2. The van der Waals surface area contributed by atoms with E-state index in [9.17, 15) is 4.79 Å². The van der Waals surface area contributed by atoms with Crippen LogP contribution in [0.2, 0.25) is 5.02 Å². The zero-order valence-electron chi connectivity index (χ0n) is 19.3. The van der Waals surface area contributed by atoms with Gasteiger partial charge in [0.1, 0.15) is 5.82 Å². The van der Waals surface area contributed by atoms with Gasteiger partial charge in [0.2, 0.25) is 0 Å². The van der Waals surface area contributed by atoms with Gasteiger partial charge in [-0.05, 0) is 56.9 Å². The fourth-order valence-corrected chi connectivity index (χ4v) is 5.39. The number of aromatic nitrogens is 3. The zero-order valence-corrected chi connectivity index (χ0v) is 20.1. The first-order valence-corrected chi connectivity index (χ1v) is 12.2. The average molecular weight is 467 g/mol. The second-order valence-corrected chi connectivity index (χ2v) is 9.87. The van der Waals surface area contributed by atoms with Crippen LogP contribution in [0.3, 0.4) is 0 Å². The van der Waals surface area contributed by atoms with E-state index in [1.807, 2.05) is 40.7 Å². The van der Waals surface area contributed by atoms with E-state index in [0.29, 0.717) is 10.6 Å². The predicted octanol–water partition coefficient (Wildman–Crippen LogP) is 4.29. The van der Waals surface area contributed by atoms with Crippen LogP contribution in [0.1, 0.15) is 65.3 Å². The molecular weight excluding hydrogens is 436 g/mol. The predicted molar refractivity (Wildman–Crippen MR) is 131 cm³/mol. The molecule has 4 heterocycles. The molecule has 2 aromatic heterocycles. The van der Waals surface area contributed by atoms with Crippen LogP contribution in [0.15, 0.2) is 30.5 Å². The van der Waals surface area contributed by atoms with Gasteiger partial charge in [0.15, 0.2) is 5.65 Å². The minimum atomic E-state index is -0.0688. The number of hydrogen-bond acceptors (Lipinski definition) is 5. The van der Waals surface area contributed by atoms with Gasteiger partial charge in [0, 0.05) is 54.1 Å². The molecule has 8 heteroatoms. The first-order chi connectivity index (χ1) is 15.9. The summed E-state index contributed by atoms with van der Waals surface area (Å²) in [5.74, 6) is 1.02. The molecule has 3 aromatic rings. The molecule has 1 aromatic carbocycles. The highest BCUT2D eigenvalue weighted by molar-refractivity contribution is 6.30. The summed E-state index contributed by atoms with van der Waals surface area (Å²) >= 11 is 6.13. The fraction of sp³-hybridized carbons (Fsp3) is 0.480. The molecule has 0 saturated carbocycles. The molecule has 0 aliphatic carbocycles. The third kappa shape index (κ3) is 4.32. The lowest BCUT2D eigenvalue weighted by Crippen LogP contribution is -2.35. The van der Waals surface area contributed by atoms with Gasteiger partial charge in [-0.15, -0.1) is 0 Å². The number of nitrogens with zero attached hydrogens (tertiary/aromatic N) is 5. The van der Waals surface area contributed by atoms with Crippen LogP contribution >= 0.6 is 11.6 Å². The van der Waals surface area contributed by atoms with E-state index in [1.54, 1.807) is 6.07 Å². The minimum absolute atomic E-state index is 0.0454. The summed E-state index contributed by atoms with van der Waals surface area (Å²) in [6, 6.07) is 7.65. The van der Waals surface area contributed by atoms with Crippen molar-refractivity contribution < 1.29 is 4.79 Å². The van der Waals surface area contributed by atoms with Gasteiger partial charge in [-0.1, -0.05) is 24.4 Å². The van der Waals surface area contributed by atoms with Crippen LogP contribution in [-0.2, 0) is 0 Å². The highest BCUT2D eigenvalue weighted by atomic mass is 35.5. The second-order valence-electron chi connectivity index (χ2n) is 9.44. The number of benzene rings is 1. The Kier molecular flexibility index (Phi) is 6.01. The number of likely N-dealkylation sites (tertiary alicyclic amines) is 1. The Labute approximate surface area is 199 Å². The van der Waals surface area contributed by atoms with Crippen molar-refractivity contribution in [2.75, 3.05) is 24.5 Å². The molecular formula is C25H31ClN6O. The van der Waals surface area contributed by atoms with Crippen LogP contribution in [0.5, 0.6) is 0 Å². The van der Waals surface area contributed by atoms with Crippen molar-refractivity contribution in [2.24, 2.45) is 5.73 Å². The summed E-state index contributed by atoms with van der Waals surface area (Å²) in [7, 11) is 0. The summed E-state index contributed by atoms with van der Waals surface area (Å²) in [4.78, 5) is 22.8. The number of amides is 1. The number of hydrogen-bond donors (Lipinski definition) is 1. The monoisotopic (exact) mass is 466 g/mol. The van der Waals surface area contributed by atoms with Crippen molar-refractivity contribution >= 4 is 29.0 Å². The van der Waals surface area contributed by atoms with E-state index in [4.69, 9.17) is 27.4 Å². The van der Waals surface area contributed by atoms with E-state index in [-0.39, 0.29) is 18.0 Å². The SMILES string of the molecule is Cc1cc(Cl)ccc1C(=O)N1CCCCC[C@H]1c1cc2nc(N3CC[C@H](N)C3)c(C)cn2n1. The number of nitrogens with two attached hydrogens (primary N) is 1. The number of carbonyl (C=O) groups excluding carboxylic acids is 1. The maximum atomic E-state index is 13.6. The van der Waals surface area contributed by atoms with Gasteiger partial charge >= 0.3 is 0 Å². The van der Waals surface area contributed by atoms with Gasteiger partial charge in [0.25, 0.3) is 5.91 Å². The highest BCUT2D eigenvalue weighted by Crippen LogP contribution is 2.33. The topological polar surface area (TPSA) is 79.8 Å². The first-order valence-electron chi connectivity index (χ1n) is 11.9. The molecule has 2 aliphatic rings. The normalized spacial score (nSPS) is 21.6. The Morgan fingerprint density at radius 1 is 1.09 bits per heavy atom. The zero-order chi connectivity index (χ0) is 23.1. The Balaban J connectivity index is 1.50. The van der Waals surface area contributed by atoms with Crippen LogP contribution in [0.4, 0.5) is 5.82 Å². The molecule has 1 amide bonds. The lowest BCUT2D eigenvalue weighted by Gasteiger charge is -2.29. The molecule has 2 aliphatic heterocycles. The molecule has 2 saturated heterocycles. The molecule has 0 bridgehead atoms. The van der Waals surface area contributed by atoms with Gasteiger partial charge in [0.05, 0.1) is 11.7 Å². The van der Waals surface area contributed by atoms with Gasteiger partial charge in [-0.25, -0.2) is 9.50 Å². The van der Waals surface area contributed by atoms with Crippen LogP contribution in [-0.4, -0.2) is 51.1 Å². The minimum Gasteiger partial charge on any atom is -0.355 e. The van der Waals surface area contributed by atoms with Crippen molar-refractivity contribution in [3.05, 3.63) is 57.9 Å². The molecule has 2 fully saturated rings. The van der Waals surface area contributed by atoms with Crippen molar-refractivity contribution in [3.8, 4) is 0 Å². The maximum absolute atomic E-state index is 13.6. The van der Waals surface area contributed by atoms with Crippen molar-refractivity contribution in [2.45, 2.75) is 58.0 Å². The van der Waals surface area contributed by atoms with E-state index in [1.165, 1.54) is 0 Å². The van der Waals surface area contributed by atoms with Crippen molar-refractivity contribution in [1.29, 1.82) is 0 Å². The summed E-state index contributed by atoms with van der Waals surface area (Å²) < 4.78 is 1.85. The Bertz CT molecular complexity index is 1190. The lowest BCUT2D eigenvalue weighted by atomic mass is 10.0. The van der Waals surface area contributed by atoms with E-state index in [2.05, 4.69) is 11.8 Å². The van der Waals surface area contributed by atoms with E-state index < -0.39 is 0 Å². The summed E-state index contributed by atoms with van der Waals surface area (Å²) in [6.07, 6.45) is 7.11. The van der Waals surface area contributed by atoms with Gasteiger partial charge in [-0.3, -0.25) is 4.79 Å². The van der Waals surface area contributed by atoms with E-state index >= 15 is 0 Å². The number of rotatable bonds is 3. The Hall–Kier alpha value is -2.64. The van der Waals surface area contributed by atoms with Gasteiger partial charge in [-0.2, -0.15) is 5.10 Å². The molecule has 0 radical (unpaired) electrons. The third-order valence-electron chi connectivity index (χ3n) is 6.92. The molecule has 0 spiro atoms. The van der Waals surface area contributed by atoms with E-state index in [0.717, 1.165) is 80.0 Å². The standard InChI is InChI=1S/C25H31ClN6O/c1-16-12-18(26)7-8-20(16)25(33)31-10-5-3-4-6-22(31)21-13-23-28-24(17(2)14-32(23)29-21)30-11-9-19(27)15-30/h7-8,12-14,19,22H,3-6,9-11,15,27H2,1-2H3/t19-,22-/m0/s1.